The largest absolute Gasteiger partial charge is 0.364 e. The molecule has 3 rings (SSSR count). The van der Waals surface area contributed by atoms with Gasteiger partial charge in [0.15, 0.2) is 5.43 Å². The van der Waals surface area contributed by atoms with Gasteiger partial charge in [-0.05, 0) is 44.7 Å². The fourth-order valence-corrected chi connectivity index (χ4v) is 3.35. The second kappa shape index (κ2) is 6.03. The SMILES string of the molecule is Cc1ccc(C)c([C@H]2CCCN2C(=O)c2c[nH]c(C)cc2=O)c1. The molecule has 0 unspecified atom stereocenters. The first-order valence-corrected chi connectivity index (χ1v) is 8.05. The normalized spacial score (nSPS) is 17.5. The Bertz CT molecular complexity index is 807. The van der Waals surface area contributed by atoms with Crippen LogP contribution in [0, 0.1) is 20.8 Å². The van der Waals surface area contributed by atoms with Crippen molar-refractivity contribution in [3.8, 4) is 0 Å². The molecule has 1 fully saturated rings. The van der Waals surface area contributed by atoms with Crippen LogP contribution >= 0.6 is 0 Å². The fourth-order valence-electron chi connectivity index (χ4n) is 3.35. The van der Waals surface area contributed by atoms with Gasteiger partial charge in [0.25, 0.3) is 5.91 Å². The van der Waals surface area contributed by atoms with Crippen LogP contribution in [-0.4, -0.2) is 22.3 Å². The molecule has 1 aromatic heterocycles. The van der Waals surface area contributed by atoms with Gasteiger partial charge < -0.3 is 9.88 Å². The number of aromatic amines is 1. The van der Waals surface area contributed by atoms with Crippen molar-refractivity contribution >= 4 is 5.91 Å². The summed E-state index contributed by atoms with van der Waals surface area (Å²) in [6.07, 6.45) is 3.45. The quantitative estimate of drug-likeness (QED) is 0.925. The van der Waals surface area contributed by atoms with Gasteiger partial charge in [-0.25, -0.2) is 0 Å². The molecule has 0 spiro atoms. The molecule has 1 aliphatic heterocycles. The van der Waals surface area contributed by atoms with Gasteiger partial charge in [-0.2, -0.15) is 0 Å². The minimum Gasteiger partial charge on any atom is -0.364 e. The van der Waals surface area contributed by atoms with Gasteiger partial charge in [0.2, 0.25) is 0 Å². The lowest BCUT2D eigenvalue weighted by atomic mass is 9.97. The molecule has 0 radical (unpaired) electrons. The third-order valence-corrected chi connectivity index (χ3v) is 4.60. The monoisotopic (exact) mass is 310 g/mol. The van der Waals surface area contributed by atoms with Gasteiger partial charge in [0, 0.05) is 24.5 Å². The predicted molar refractivity (Wildman–Crippen MR) is 90.7 cm³/mol. The highest BCUT2D eigenvalue weighted by Crippen LogP contribution is 2.34. The third-order valence-electron chi connectivity index (χ3n) is 4.60. The number of likely N-dealkylation sites (tertiary alicyclic amines) is 1. The Morgan fingerprint density at radius 2 is 2.00 bits per heavy atom. The smallest absolute Gasteiger partial charge is 0.259 e. The lowest BCUT2D eigenvalue weighted by Gasteiger charge is -2.26. The van der Waals surface area contributed by atoms with Crippen LogP contribution in [0.2, 0.25) is 0 Å². The van der Waals surface area contributed by atoms with Gasteiger partial charge in [-0.3, -0.25) is 9.59 Å². The van der Waals surface area contributed by atoms with Crippen molar-refractivity contribution in [1.29, 1.82) is 0 Å². The third kappa shape index (κ3) is 2.93. The van der Waals surface area contributed by atoms with Crippen molar-refractivity contribution in [1.82, 2.24) is 9.88 Å². The average Bonchev–Trinajstić information content (AvgIpc) is 2.98. The predicted octanol–water partition coefficient (Wildman–Crippen LogP) is 3.28. The number of carbonyl (C=O) groups excluding carboxylic acids is 1. The zero-order chi connectivity index (χ0) is 16.6. The van der Waals surface area contributed by atoms with E-state index in [1.54, 1.807) is 6.20 Å². The molecule has 2 aromatic rings. The molecular weight excluding hydrogens is 288 g/mol. The molecule has 4 nitrogen and oxygen atoms in total. The van der Waals surface area contributed by atoms with E-state index in [2.05, 4.69) is 37.0 Å². The molecule has 120 valence electrons. The fraction of sp³-hybridized carbons (Fsp3) is 0.368. The summed E-state index contributed by atoms with van der Waals surface area (Å²) in [5.74, 6) is -0.172. The van der Waals surface area contributed by atoms with Crippen molar-refractivity contribution in [3.05, 3.63) is 68.6 Å². The second-order valence-corrected chi connectivity index (χ2v) is 6.41. The van der Waals surface area contributed by atoms with Crippen molar-refractivity contribution in [2.75, 3.05) is 6.54 Å². The lowest BCUT2D eigenvalue weighted by Crippen LogP contribution is -2.34. The summed E-state index contributed by atoms with van der Waals surface area (Å²) in [6.45, 7) is 6.65. The van der Waals surface area contributed by atoms with Crippen LogP contribution in [0.15, 0.2) is 35.3 Å². The number of amides is 1. The highest BCUT2D eigenvalue weighted by atomic mass is 16.2. The van der Waals surface area contributed by atoms with Gasteiger partial charge in [-0.1, -0.05) is 23.8 Å². The maximum Gasteiger partial charge on any atom is 0.259 e. The van der Waals surface area contributed by atoms with Crippen molar-refractivity contribution in [2.24, 2.45) is 0 Å². The summed E-state index contributed by atoms with van der Waals surface area (Å²) >= 11 is 0. The topological polar surface area (TPSA) is 53.2 Å². The Morgan fingerprint density at radius 3 is 2.74 bits per heavy atom. The summed E-state index contributed by atoms with van der Waals surface area (Å²) in [7, 11) is 0. The second-order valence-electron chi connectivity index (χ2n) is 6.41. The van der Waals surface area contributed by atoms with E-state index in [9.17, 15) is 9.59 Å². The molecule has 23 heavy (non-hydrogen) atoms. The zero-order valence-corrected chi connectivity index (χ0v) is 13.8. The van der Waals surface area contributed by atoms with Crippen LogP contribution in [0.4, 0.5) is 0 Å². The molecule has 0 saturated carbocycles. The number of nitrogens with zero attached hydrogens (tertiary/aromatic N) is 1. The molecule has 1 saturated heterocycles. The summed E-state index contributed by atoms with van der Waals surface area (Å²) in [5, 5.41) is 0. The molecule has 1 N–H and O–H groups in total. The Kier molecular flexibility index (Phi) is 4.07. The van der Waals surface area contributed by atoms with E-state index in [0.717, 1.165) is 18.5 Å². The Labute approximate surface area is 136 Å². The number of rotatable bonds is 2. The van der Waals surface area contributed by atoms with Crippen LogP contribution in [0.25, 0.3) is 0 Å². The first-order valence-electron chi connectivity index (χ1n) is 8.05. The van der Waals surface area contributed by atoms with Crippen LogP contribution in [0.3, 0.4) is 0 Å². The van der Waals surface area contributed by atoms with Gasteiger partial charge in [0.1, 0.15) is 5.56 Å². The maximum atomic E-state index is 12.9. The standard InChI is InChI=1S/C19H22N2O2/c1-12-6-7-13(2)15(9-12)17-5-4-8-21(17)19(23)16-11-20-14(3)10-18(16)22/h6-7,9-11,17H,4-5,8H2,1-3H3,(H,20,22)/t17-/m1/s1. The van der Waals surface area contributed by atoms with Gasteiger partial charge in [-0.15, -0.1) is 0 Å². The molecule has 1 aliphatic rings. The molecule has 0 bridgehead atoms. The molecule has 4 heteroatoms. The number of nitrogens with one attached hydrogen (secondary N) is 1. The number of hydrogen-bond donors (Lipinski definition) is 1. The maximum absolute atomic E-state index is 12.9. The minimum absolute atomic E-state index is 0.0584. The number of hydrogen-bond acceptors (Lipinski definition) is 2. The van der Waals surface area contributed by atoms with E-state index in [1.807, 2.05) is 11.8 Å². The molecular formula is C19H22N2O2. The van der Waals surface area contributed by atoms with Crippen LogP contribution < -0.4 is 5.43 Å². The van der Waals surface area contributed by atoms with Crippen molar-refractivity contribution in [3.63, 3.8) is 0 Å². The van der Waals surface area contributed by atoms with E-state index >= 15 is 0 Å². The number of carbonyl (C=O) groups is 1. The Hall–Kier alpha value is -2.36. The van der Waals surface area contributed by atoms with E-state index in [1.165, 1.54) is 22.8 Å². The van der Waals surface area contributed by atoms with Crippen LogP contribution in [0.5, 0.6) is 0 Å². The number of pyridine rings is 1. The molecule has 1 aromatic carbocycles. The molecule has 1 amide bonds. The van der Waals surface area contributed by atoms with Gasteiger partial charge >= 0.3 is 0 Å². The van der Waals surface area contributed by atoms with Crippen LogP contribution in [-0.2, 0) is 0 Å². The number of H-pyrrole nitrogens is 1. The molecule has 1 atom stereocenters. The average molecular weight is 310 g/mol. The first kappa shape index (κ1) is 15.5. The summed E-state index contributed by atoms with van der Waals surface area (Å²) in [4.78, 5) is 29.8. The summed E-state index contributed by atoms with van der Waals surface area (Å²) in [6, 6.07) is 7.89. The highest BCUT2D eigenvalue weighted by Gasteiger charge is 2.32. The van der Waals surface area contributed by atoms with Crippen LogP contribution in [0.1, 0.15) is 51.6 Å². The molecule has 2 heterocycles. The van der Waals surface area contributed by atoms with E-state index in [-0.39, 0.29) is 22.9 Å². The number of aryl methyl sites for hydroxylation is 3. The zero-order valence-electron chi connectivity index (χ0n) is 13.8. The van der Waals surface area contributed by atoms with Crippen molar-refractivity contribution in [2.45, 2.75) is 39.7 Å². The number of aromatic nitrogens is 1. The Balaban J connectivity index is 1.97. The molecule has 0 aliphatic carbocycles. The highest BCUT2D eigenvalue weighted by molar-refractivity contribution is 5.94. The van der Waals surface area contributed by atoms with E-state index < -0.39 is 0 Å². The summed E-state index contributed by atoms with van der Waals surface area (Å²) < 4.78 is 0. The van der Waals surface area contributed by atoms with E-state index in [4.69, 9.17) is 0 Å². The first-order chi connectivity index (χ1) is 11.0. The van der Waals surface area contributed by atoms with Crippen molar-refractivity contribution < 1.29 is 4.79 Å². The van der Waals surface area contributed by atoms with Gasteiger partial charge in [0.05, 0.1) is 6.04 Å². The minimum atomic E-state index is -0.210. The number of benzene rings is 1. The van der Waals surface area contributed by atoms with E-state index in [0.29, 0.717) is 6.54 Å². The Morgan fingerprint density at radius 1 is 1.22 bits per heavy atom. The summed E-state index contributed by atoms with van der Waals surface area (Å²) in [5.41, 5.74) is 4.36. The lowest BCUT2D eigenvalue weighted by molar-refractivity contribution is 0.0733.